The van der Waals surface area contributed by atoms with Crippen LogP contribution in [0.3, 0.4) is 0 Å². The van der Waals surface area contributed by atoms with Gasteiger partial charge in [0.1, 0.15) is 5.82 Å². The summed E-state index contributed by atoms with van der Waals surface area (Å²) < 4.78 is 13.0. The van der Waals surface area contributed by atoms with E-state index in [4.69, 9.17) is 5.73 Å². The van der Waals surface area contributed by atoms with Gasteiger partial charge in [0.2, 0.25) is 5.91 Å². The summed E-state index contributed by atoms with van der Waals surface area (Å²) in [5.41, 5.74) is 6.26. The molecule has 0 radical (unpaired) electrons. The van der Waals surface area contributed by atoms with Crippen LogP contribution in [0.4, 0.5) is 4.39 Å². The number of rotatable bonds is 4. The summed E-state index contributed by atoms with van der Waals surface area (Å²) in [5.74, 6) is 0.328. The molecule has 0 saturated carbocycles. The predicted octanol–water partition coefficient (Wildman–Crippen LogP) is 1.57. The standard InChI is InChI=1S/C14H19FN2O/c15-13-3-1-2-12(8-13)9-14(18)17-7-5-11(10-17)4-6-16/h1-3,8,11H,4-7,9-10,16H2. The molecule has 2 rings (SSSR count). The Morgan fingerprint density at radius 3 is 3.06 bits per heavy atom. The second kappa shape index (κ2) is 5.96. The first-order valence-corrected chi connectivity index (χ1v) is 6.41. The van der Waals surface area contributed by atoms with E-state index < -0.39 is 0 Å². The fraction of sp³-hybridized carbons (Fsp3) is 0.500. The number of nitrogens with two attached hydrogens (primary N) is 1. The predicted molar refractivity (Wildman–Crippen MR) is 68.5 cm³/mol. The molecule has 1 heterocycles. The van der Waals surface area contributed by atoms with Crippen molar-refractivity contribution in [3.63, 3.8) is 0 Å². The molecule has 1 fully saturated rings. The average molecular weight is 250 g/mol. The first-order valence-electron chi connectivity index (χ1n) is 6.41. The van der Waals surface area contributed by atoms with Crippen molar-refractivity contribution in [3.05, 3.63) is 35.6 Å². The minimum absolute atomic E-state index is 0.0834. The highest BCUT2D eigenvalue weighted by Crippen LogP contribution is 2.19. The second-order valence-electron chi connectivity index (χ2n) is 4.88. The van der Waals surface area contributed by atoms with Crippen LogP contribution in [0.15, 0.2) is 24.3 Å². The lowest BCUT2D eigenvalue weighted by Crippen LogP contribution is -2.30. The van der Waals surface area contributed by atoms with Gasteiger partial charge in [-0.1, -0.05) is 12.1 Å². The number of hydrogen-bond donors (Lipinski definition) is 1. The fourth-order valence-corrected chi connectivity index (χ4v) is 2.46. The summed E-state index contributed by atoms with van der Waals surface area (Å²) in [7, 11) is 0. The average Bonchev–Trinajstić information content (AvgIpc) is 2.78. The first-order chi connectivity index (χ1) is 8.69. The Morgan fingerprint density at radius 1 is 1.50 bits per heavy atom. The maximum Gasteiger partial charge on any atom is 0.227 e. The smallest absolute Gasteiger partial charge is 0.227 e. The monoisotopic (exact) mass is 250 g/mol. The minimum atomic E-state index is -0.289. The van der Waals surface area contributed by atoms with Crippen molar-refractivity contribution in [3.8, 4) is 0 Å². The van der Waals surface area contributed by atoms with Gasteiger partial charge >= 0.3 is 0 Å². The van der Waals surface area contributed by atoms with Crippen LogP contribution in [0, 0.1) is 11.7 Å². The number of nitrogens with zero attached hydrogens (tertiary/aromatic N) is 1. The largest absolute Gasteiger partial charge is 0.342 e. The highest BCUT2D eigenvalue weighted by Gasteiger charge is 2.25. The summed E-state index contributed by atoms with van der Waals surface area (Å²) >= 11 is 0. The molecule has 2 N–H and O–H groups in total. The Kier molecular flexibility index (Phi) is 4.31. The van der Waals surface area contributed by atoms with Gasteiger partial charge in [0, 0.05) is 13.1 Å². The number of halogens is 1. The van der Waals surface area contributed by atoms with Crippen molar-refractivity contribution in [2.45, 2.75) is 19.3 Å². The molecular formula is C14H19FN2O. The zero-order valence-electron chi connectivity index (χ0n) is 10.4. The molecule has 0 bridgehead atoms. The Balaban J connectivity index is 1.89. The van der Waals surface area contributed by atoms with Crippen LogP contribution in [-0.2, 0) is 11.2 Å². The van der Waals surface area contributed by atoms with Crippen molar-refractivity contribution in [1.82, 2.24) is 4.90 Å². The SMILES string of the molecule is NCCC1CCN(C(=O)Cc2cccc(F)c2)C1. The Bertz CT molecular complexity index is 422. The normalized spacial score (nSPS) is 19.2. The third kappa shape index (κ3) is 3.29. The maximum atomic E-state index is 13.0. The lowest BCUT2D eigenvalue weighted by Gasteiger charge is -2.16. The molecule has 1 aliphatic rings. The Labute approximate surface area is 107 Å². The number of hydrogen-bond acceptors (Lipinski definition) is 2. The summed E-state index contributed by atoms with van der Waals surface area (Å²) in [4.78, 5) is 13.9. The molecule has 98 valence electrons. The molecule has 4 heteroatoms. The Hall–Kier alpha value is -1.42. The zero-order valence-corrected chi connectivity index (χ0v) is 10.4. The van der Waals surface area contributed by atoms with Gasteiger partial charge in [0.25, 0.3) is 0 Å². The van der Waals surface area contributed by atoms with Crippen LogP contribution < -0.4 is 5.73 Å². The molecule has 1 amide bonds. The lowest BCUT2D eigenvalue weighted by atomic mass is 10.1. The zero-order chi connectivity index (χ0) is 13.0. The van der Waals surface area contributed by atoms with Gasteiger partial charge in [0.05, 0.1) is 6.42 Å². The molecule has 0 aliphatic carbocycles. The van der Waals surface area contributed by atoms with E-state index in [0.717, 1.165) is 31.5 Å². The number of likely N-dealkylation sites (tertiary alicyclic amines) is 1. The van der Waals surface area contributed by atoms with Crippen molar-refractivity contribution in [2.75, 3.05) is 19.6 Å². The number of amides is 1. The number of benzene rings is 1. The third-order valence-corrected chi connectivity index (χ3v) is 3.46. The summed E-state index contributed by atoms with van der Waals surface area (Å²) in [6.45, 7) is 2.28. The Morgan fingerprint density at radius 2 is 2.33 bits per heavy atom. The number of carbonyl (C=O) groups is 1. The quantitative estimate of drug-likeness (QED) is 0.881. The van der Waals surface area contributed by atoms with Crippen LogP contribution in [0.25, 0.3) is 0 Å². The van der Waals surface area contributed by atoms with Crippen LogP contribution in [-0.4, -0.2) is 30.4 Å². The van der Waals surface area contributed by atoms with E-state index in [9.17, 15) is 9.18 Å². The van der Waals surface area contributed by atoms with Crippen LogP contribution >= 0.6 is 0 Å². The summed E-state index contributed by atoms with van der Waals surface area (Å²) in [5, 5.41) is 0. The molecule has 1 saturated heterocycles. The highest BCUT2D eigenvalue weighted by molar-refractivity contribution is 5.79. The van der Waals surface area contributed by atoms with Gasteiger partial charge in [-0.25, -0.2) is 4.39 Å². The molecule has 1 atom stereocenters. The molecule has 0 spiro atoms. The van der Waals surface area contributed by atoms with Gasteiger partial charge < -0.3 is 10.6 Å². The van der Waals surface area contributed by atoms with Crippen molar-refractivity contribution >= 4 is 5.91 Å². The molecule has 3 nitrogen and oxygen atoms in total. The molecular weight excluding hydrogens is 231 g/mol. The summed E-state index contributed by atoms with van der Waals surface area (Å²) in [6, 6.07) is 6.24. The van der Waals surface area contributed by atoms with Crippen molar-refractivity contribution in [1.29, 1.82) is 0 Å². The summed E-state index contributed by atoms with van der Waals surface area (Å²) in [6.07, 6.45) is 2.29. The second-order valence-corrected chi connectivity index (χ2v) is 4.88. The molecule has 18 heavy (non-hydrogen) atoms. The number of carbonyl (C=O) groups excluding carboxylic acids is 1. The van der Waals surface area contributed by atoms with Gasteiger partial charge in [-0.2, -0.15) is 0 Å². The lowest BCUT2D eigenvalue weighted by molar-refractivity contribution is -0.129. The van der Waals surface area contributed by atoms with Crippen LogP contribution in [0.2, 0.25) is 0 Å². The molecule has 1 aromatic rings. The highest BCUT2D eigenvalue weighted by atomic mass is 19.1. The first kappa shape index (κ1) is 13.0. The van der Waals surface area contributed by atoms with Gasteiger partial charge in [-0.15, -0.1) is 0 Å². The molecule has 0 aromatic heterocycles. The topological polar surface area (TPSA) is 46.3 Å². The van der Waals surface area contributed by atoms with Crippen molar-refractivity contribution < 1.29 is 9.18 Å². The minimum Gasteiger partial charge on any atom is -0.342 e. The van der Waals surface area contributed by atoms with E-state index in [0.29, 0.717) is 12.5 Å². The van der Waals surface area contributed by atoms with Crippen LogP contribution in [0.1, 0.15) is 18.4 Å². The van der Waals surface area contributed by atoms with E-state index in [1.807, 2.05) is 4.90 Å². The molecule has 1 unspecified atom stereocenters. The molecule has 1 aliphatic heterocycles. The van der Waals surface area contributed by atoms with E-state index in [1.54, 1.807) is 12.1 Å². The van der Waals surface area contributed by atoms with Crippen molar-refractivity contribution in [2.24, 2.45) is 11.7 Å². The van der Waals surface area contributed by atoms with E-state index in [2.05, 4.69) is 0 Å². The fourth-order valence-electron chi connectivity index (χ4n) is 2.46. The van der Waals surface area contributed by atoms with E-state index in [1.165, 1.54) is 12.1 Å². The maximum absolute atomic E-state index is 13.0. The van der Waals surface area contributed by atoms with Gasteiger partial charge in [-0.3, -0.25) is 4.79 Å². The molecule has 1 aromatic carbocycles. The van der Waals surface area contributed by atoms with Crippen LogP contribution in [0.5, 0.6) is 0 Å². The van der Waals surface area contributed by atoms with E-state index >= 15 is 0 Å². The van der Waals surface area contributed by atoms with Gasteiger partial charge in [0.15, 0.2) is 0 Å². The third-order valence-electron chi connectivity index (χ3n) is 3.46. The van der Waals surface area contributed by atoms with Gasteiger partial charge in [-0.05, 0) is 43.0 Å². The van der Waals surface area contributed by atoms with E-state index in [-0.39, 0.29) is 18.1 Å².